The fraction of sp³-hybridized carbons (Fsp3) is 0.500. The number of nitrogens with zero attached hydrogens (tertiary/aromatic N) is 4. The lowest BCUT2D eigenvalue weighted by Crippen LogP contribution is -2.34. The highest BCUT2D eigenvalue weighted by molar-refractivity contribution is 8.00. The minimum Gasteiger partial charge on any atom is -0.326 e. The van der Waals surface area contributed by atoms with Crippen LogP contribution in [0.25, 0.3) is 5.65 Å². The second kappa shape index (κ2) is 5.44. The van der Waals surface area contributed by atoms with Crippen LogP contribution in [0, 0.1) is 6.92 Å². The maximum absolute atomic E-state index is 12.7. The zero-order valence-electron chi connectivity index (χ0n) is 11.7. The number of hydrogen-bond donors (Lipinski definition) is 0. The minimum absolute atomic E-state index is 0.0570. The van der Waals surface area contributed by atoms with Crippen molar-refractivity contribution < 1.29 is 4.79 Å². The minimum atomic E-state index is 0.0570. The largest absolute Gasteiger partial charge is 0.326 e. The van der Waals surface area contributed by atoms with E-state index in [1.807, 2.05) is 35.8 Å². The molecule has 1 aliphatic rings. The lowest BCUT2D eigenvalue weighted by molar-refractivity contribution is 0.0758. The SMILES string of the molecule is CCCC1SCCN1C(=O)c1cnn2ccc(C)nc12. The summed E-state index contributed by atoms with van der Waals surface area (Å²) in [7, 11) is 0. The first-order valence-corrected chi connectivity index (χ1v) is 7.99. The van der Waals surface area contributed by atoms with Gasteiger partial charge in [0.25, 0.3) is 5.91 Å². The molecule has 2 aromatic heterocycles. The molecule has 0 N–H and O–H groups in total. The van der Waals surface area contributed by atoms with Crippen molar-refractivity contribution >= 4 is 23.3 Å². The normalized spacial score (nSPS) is 18.9. The fourth-order valence-electron chi connectivity index (χ4n) is 2.50. The van der Waals surface area contributed by atoms with Crippen molar-refractivity contribution in [3.63, 3.8) is 0 Å². The van der Waals surface area contributed by atoms with E-state index in [1.54, 1.807) is 10.7 Å². The van der Waals surface area contributed by atoms with E-state index in [1.165, 1.54) is 0 Å². The molecule has 1 amide bonds. The fourth-order valence-corrected chi connectivity index (χ4v) is 3.86. The Bertz CT molecular complexity index is 639. The van der Waals surface area contributed by atoms with Gasteiger partial charge in [-0.05, 0) is 19.4 Å². The van der Waals surface area contributed by atoms with E-state index in [-0.39, 0.29) is 5.91 Å². The predicted molar refractivity (Wildman–Crippen MR) is 79.9 cm³/mol. The van der Waals surface area contributed by atoms with E-state index < -0.39 is 0 Å². The third-order valence-corrected chi connectivity index (χ3v) is 4.82. The monoisotopic (exact) mass is 290 g/mol. The molecular weight excluding hydrogens is 272 g/mol. The van der Waals surface area contributed by atoms with Gasteiger partial charge >= 0.3 is 0 Å². The number of amides is 1. The second-order valence-corrected chi connectivity index (χ2v) is 6.29. The number of hydrogen-bond acceptors (Lipinski definition) is 4. The van der Waals surface area contributed by atoms with Crippen molar-refractivity contribution in [1.29, 1.82) is 0 Å². The van der Waals surface area contributed by atoms with E-state index in [9.17, 15) is 4.79 Å². The van der Waals surface area contributed by atoms with Crippen LogP contribution in [0.2, 0.25) is 0 Å². The molecule has 5 nitrogen and oxygen atoms in total. The maximum Gasteiger partial charge on any atom is 0.260 e. The van der Waals surface area contributed by atoms with Crippen molar-refractivity contribution in [2.24, 2.45) is 0 Å². The Morgan fingerprint density at radius 1 is 1.55 bits per heavy atom. The smallest absolute Gasteiger partial charge is 0.260 e. The van der Waals surface area contributed by atoms with Crippen molar-refractivity contribution in [3.8, 4) is 0 Å². The van der Waals surface area contributed by atoms with Gasteiger partial charge in [-0.25, -0.2) is 9.50 Å². The van der Waals surface area contributed by atoms with Gasteiger partial charge in [-0.1, -0.05) is 13.3 Å². The summed E-state index contributed by atoms with van der Waals surface area (Å²) in [6.07, 6.45) is 5.61. The molecule has 3 heterocycles. The third-order valence-electron chi connectivity index (χ3n) is 3.53. The number of carbonyl (C=O) groups is 1. The van der Waals surface area contributed by atoms with Crippen LogP contribution in [-0.4, -0.2) is 43.1 Å². The Balaban J connectivity index is 1.94. The molecule has 0 aliphatic carbocycles. The summed E-state index contributed by atoms with van der Waals surface area (Å²) < 4.78 is 1.66. The lowest BCUT2D eigenvalue weighted by atomic mass is 10.2. The van der Waals surface area contributed by atoms with Gasteiger partial charge in [0.1, 0.15) is 5.56 Å². The standard InChI is InChI=1S/C14H18N4OS/c1-3-4-12-17(7-8-20-12)14(19)11-9-15-18-6-5-10(2)16-13(11)18/h5-6,9,12H,3-4,7-8H2,1-2H3. The quantitative estimate of drug-likeness (QED) is 0.870. The molecule has 0 bridgehead atoms. The van der Waals surface area contributed by atoms with Crippen molar-refractivity contribution in [2.75, 3.05) is 12.3 Å². The Hall–Kier alpha value is -1.56. The lowest BCUT2D eigenvalue weighted by Gasteiger charge is -2.22. The number of thioether (sulfide) groups is 1. The summed E-state index contributed by atoms with van der Waals surface area (Å²) in [5.41, 5.74) is 2.16. The van der Waals surface area contributed by atoms with Crippen molar-refractivity contribution in [2.45, 2.75) is 32.1 Å². The van der Waals surface area contributed by atoms with E-state index in [2.05, 4.69) is 17.0 Å². The van der Waals surface area contributed by atoms with Crippen LogP contribution in [0.4, 0.5) is 0 Å². The Morgan fingerprint density at radius 2 is 2.40 bits per heavy atom. The van der Waals surface area contributed by atoms with E-state index in [4.69, 9.17) is 0 Å². The molecule has 1 fully saturated rings. The zero-order valence-corrected chi connectivity index (χ0v) is 12.6. The summed E-state index contributed by atoms with van der Waals surface area (Å²) in [4.78, 5) is 19.2. The summed E-state index contributed by atoms with van der Waals surface area (Å²) in [5.74, 6) is 1.07. The highest BCUT2D eigenvalue weighted by atomic mass is 32.2. The van der Waals surface area contributed by atoms with E-state index in [0.717, 1.165) is 30.8 Å². The van der Waals surface area contributed by atoms with Crippen LogP contribution in [-0.2, 0) is 0 Å². The van der Waals surface area contributed by atoms with Crippen molar-refractivity contribution in [3.05, 3.63) is 29.7 Å². The average Bonchev–Trinajstić information content (AvgIpc) is 3.04. The summed E-state index contributed by atoms with van der Waals surface area (Å²) >= 11 is 1.87. The number of fused-ring (bicyclic) bond motifs is 1. The van der Waals surface area contributed by atoms with E-state index in [0.29, 0.717) is 16.6 Å². The number of aromatic nitrogens is 3. The molecule has 1 aliphatic heterocycles. The van der Waals surface area contributed by atoms with Crippen LogP contribution >= 0.6 is 11.8 Å². The van der Waals surface area contributed by atoms with Gasteiger partial charge in [0.15, 0.2) is 5.65 Å². The Morgan fingerprint density at radius 3 is 3.20 bits per heavy atom. The van der Waals surface area contributed by atoms with E-state index >= 15 is 0 Å². The molecule has 106 valence electrons. The average molecular weight is 290 g/mol. The molecule has 0 aromatic carbocycles. The molecule has 1 atom stereocenters. The molecule has 0 radical (unpaired) electrons. The van der Waals surface area contributed by atoms with Gasteiger partial charge in [-0.3, -0.25) is 4.79 Å². The first-order valence-electron chi connectivity index (χ1n) is 6.94. The topological polar surface area (TPSA) is 50.5 Å². The highest BCUT2D eigenvalue weighted by Gasteiger charge is 2.31. The molecule has 2 aromatic rings. The van der Waals surface area contributed by atoms with Crippen LogP contribution in [0.1, 0.15) is 35.8 Å². The molecule has 20 heavy (non-hydrogen) atoms. The molecule has 1 unspecified atom stereocenters. The molecule has 3 rings (SSSR count). The van der Waals surface area contributed by atoms with Gasteiger partial charge in [0.05, 0.1) is 11.6 Å². The molecular formula is C14H18N4OS. The summed E-state index contributed by atoms with van der Waals surface area (Å²) in [5, 5.41) is 4.52. The molecule has 0 spiro atoms. The number of carbonyl (C=O) groups excluding carboxylic acids is 1. The summed E-state index contributed by atoms with van der Waals surface area (Å²) in [6.45, 7) is 4.89. The van der Waals surface area contributed by atoms with Crippen molar-refractivity contribution in [1.82, 2.24) is 19.5 Å². The van der Waals surface area contributed by atoms with Crippen LogP contribution in [0.15, 0.2) is 18.5 Å². The number of aryl methyl sites for hydroxylation is 1. The maximum atomic E-state index is 12.7. The summed E-state index contributed by atoms with van der Waals surface area (Å²) in [6, 6.07) is 1.89. The first-order chi connectivity index (χ1) is 9.70. The van der Waals surface area contributed by atoms with Gasteiger partial charge < -0.3 is 4.90 Å². The number of rotatable bonds is 3. The first kappa shape index (κ1) is 13.4. The third kappa shape index (κ3) is 2.28. The van der Waals surface area contributed by atoms with Crippen LogP contribution < -0.4 is 0 Å². The Kier molecular flexibility index (Phi) is 3.65. The van der Waals surface area contributed by atoms with Gasteiger partial charge in [-0.15, -0.1) is 11.8 Å². The van der Waals surface area contributed by atoms with Gasteiger partial charge in [0, 0.05) is 24.2 Å². The van der Waals surface area contributed by atoms with Gasteiger partial charge in [0.2, 0.25) is 0 Å². The van der Waals surface area contributed by atoms with Gasteiger partial charge in [-0.2, -0.15) is 5.10 Å². The Labute approximate surface area is 122 Å². The second-order valence-electron chi connectivity index (χ2n) is 5.01. The molecule has 6 heteroatoms. The zero-order chi connectivity index (χ0) is 14.1. The van der Waals surface area contributed by atoms with Crippen LogP contribution in [0.3, 0.4) is 0 Å². The highest BCUT2D eigenvalue weighted by Crippen LogP contribution is 2.29. The molecule has 0 saturated carbocycles. The predicted octanol–water partition coefficient (Wildman–Crippen LogP) is 2.35. The van der Waals surface area contributed by atoms with Crippen LogP contribution in [0.5, 0.6) is 0 Å². The molecule has 1 saturated heterocycles.